The van der Waals surface area contributed by atoms with E-state index >= 15 is 0 Å². The maximum atomic E-state index is 10.3. The van der Waals surface area contributed by atoms with Gasteiger partial charge in [0.1, 0.15) is 6.04 Å². The highest BCUT2D eigenvalue weighted by molar-refractivity contribution is 5.72. The number of rotatable bonds is 5. The van der Waals surface area contributed by atoms with Gasteiger partial charge in [-0.1, -0.05) is 6.92 Å². The van der Waals surface area contributed by atoms with E-state index < -0.39 is 12.0 Å². The Morgan fingerprint density at radius 3 is 2.55 bits per heavy atom. The monoisotopic (exact) mass is 161 g/mol. The second-order valence-electron chi connectivity index (χ2n) is 2.51. The number of nitrogens with one attached hydrogen (secondary N) is 1. The van der Waals surface area contributed by atoms with E-state index in [0.717, 1.165) is 6.42 Å². The van der Waals surface area contributed by atoms with Crippen LogP contribution in [-0.4, -0.2) is 23.2 Å². The van der Waals surface area contributed by atoms with Crippen LogP contribution in [0.25, 0.3) is 0 Å². The molecule has 0 saturated carbocycles. The fraction of sp³-hybridized carbons (Fsp3) is 0.857. The molecule has 0 aliphatic heterocycles. The summed E-state index contributed by atoms with van der Waals surface area (Å²) in [6, 6.07) is -0.649. The Kier molecular flexibility index (Phi) is 4.81. The SMILES string of the molecule is CCC(C)ON[C@@H](C)C(=O)O. The van der Waals surface area contributed by atoms with E-state index in [1.807, 2.05) is 13.8 Å². The zero-order chi connectivity index (χ0) is 8.85. The number of carboxylic acids is 1. The standard InChI is InChI=1S/C7H15NO3/c1-4-5(2)11-8-6(3)7(9)10/h5-6,8H,4H2,1-3H3,(H,9,10)/t5?,6-/m0/s1. The van der Waals surface area contributed by atoms with Crippen molar-refractivity contribution in [3.05, 3.63) is 0 Å². The smallest absolute Gasteiger partial charge is 0.322 e. The average Bonchev–Trinajstić information content (AvgIpc) is 1.99. The second-order valence-corrected chi connectivity index (χ2v) is 2.51. The Morgan fingerprint density at radius 1 is 1.64 bits per heavy atom. The van der Waals surface area contributed by atoms with E-state index in [9.17, 15) is 4.79 Å². The number of hydrogen-bond donors (Lipinski definition) is 2. The maximum absolute atomic E-state index is 10.3. The minimum Gasteiger partial charge on any atom is -0.480 e. The molecule has 0 spiro atoms. The van der Waals surface area contributed by atoms with E-state index in [2.05, 4.69) is 5.48 Å². The summed E-state index contributed by atoms with van der Waals surface area (Å²) in [5, 5.41) is 8.43. The molecule has 11 heavy (non-hydrogen) atoms. The molecule has 1 unspecified atom stereocenters. The Bertz CT molecular complexity index is 127. The molecule has 0 rings (SSSR count). The predicted molar refractivity (Wildman–Crippen MR) is 41.1 cm³/mol. The summed E-state index contributed by atoms with van der Waals surface area (Å²) in [7, 11) is 0. The summed E-state index contributed by atoms with van der Waals surface area (Å²) in [6.45, 7) is 5.38. The second kappa shape index (κ2) is 5.09. The van der Waals surface area contributed by atoms with Crippen LogP contribution < -0.4 is 5.48 Å². The Morgan fingerprint density at radius 2 is 2.18 bits per heavy atom. The van der Waals surface area contributed by atoms with Crippen LogP contribution in [0.15, 0.2) is 0 Å². The van der Waals surface area contributed by atoms with Crippen molar-refractivity contribution < 1.29 is 14.7 Å². The van der Waals surface area contributed by atoms with Gasteiger partial charge in [0, 0.05) is 0 Å². The van der Waals surface area contributed by atoms with E-state index in [1.54, 1.807) is 0 Å². The van der Waals surface area contributed by atoms with Gasteiger partial charge in [0.15, 0.2) is 0 Å². The average molecular weight is 161 g/mol. The molecule has 0 saturated heterocycles. The lowest BCUT2D eigenvalue weighted by atomic mass is 10.3. The van der Waals surface area contributed by atoms with Crippen molar-refractivity contribution in [2.24, 2.45) is 0 Å². The van der Waals surface area contributed by atoms with Crippen molar-refractivity contribution in [1.29, 1.82) is 0 Å². The van der Waals surface area contributed by atoms with Crippen molar-refractivity contribution in [1.82, 2.24) is 5.48 Å². The molecule has 2 N–H and O–H groups in total. The molecule has 0 aromatic rings. The lowest BCUT2D eigenvalue weighted by Gasteiger charge is -2.13. The predicted octanol–water partition coefficient (Wildman–Crippen LogP) is 0.779. The van der Waals surface area contributed by atoms with Gasteiger partial charge in [-0.2, -0.15) is 5.48 Å². The Labute approximate surface area is 66.5 Å². The Balaban J connectivity index is 3.45. The summed E-state index contributed by atoms with van der Waals surface area (Å²) in [4.78, 5) is 15.2. The van der Waals surface area contributed by atoms with E-state index in [4.69, 9.17) is 9.94 Å². The first-order valence-corrected chi connectivity index (χ1v) is 3.71. The molecule has 0 aromatic carbocycles. The maximum Gasteiger partial charge on any atom is 0.322 e. The molecule has 66 valence electrons. The van der Waals surface area contributed by atoms with Crippen molar-refractivity contribution in [3.8, 4) is 0 Å². The summed E-state index contributed by atoms with van der Waals surface area (Å²) >= 11 is 0. The number of carbonyl (C=O) groups is 1. The summed E-state index contributed by atoms with van der Waals surface area (Å²) in [5.41, 5.74) is 2.43. The zero-order valence-corrected chi connectivity index (χ0v) is 7.13. The lowest BCUT2D eigenvalue weighted by Crippen LogP contribution is -2.35. The van der Waals surface area contributed by atoms with Crippen molar-refractivity contribution in [3.63, 3.8) is 0 Å². The first kappa shape index (κ1) is 10.4. The quantitative estimate of drug-likeness (QED) is 0.585. The van der Waals surface area contributed by atoms with Crippen LogP contribution in [0, 0.1) is 0 Å². The normalized spacial score (nSPS) is 15.9. The molecule has 0 aromatic heterocycles. The van der Waals surface area contributed by atoms with Gasteiger partial charge in [-0.3, -0.25) is 9.63 Å². The summed E-state index contributed by atoms with van der Waals surface area (Å²) in [6.07, 6.45) is 0.913. The first-order valence-electron chi connectivity index (χ1n) is 3.71. The molecule has 0 aliphatic carbocycles. The van der Waals surface area contributed by atoms with Crippen LogP contribution in [0.3, 0.4) is 0 Å². The summed E-state index contributed by atoms with van der Waals surface area (Å²) < 4.78 is 0. The molecule has 0 radical (unpaired) electrons. The van der Waals surface area contributed by atoms with Crippen molar-refractivity contribution >= 4 is 5.97 Å². The fourth-order valence-corrected chi connectivity index (χ4v) is 0.352. The van der Waals surface area contributed by atoms with Gasteiger partial charge in [-0.05, 0) is 20.3 Å². The van der Waals surface area contributed by atoms with Crippen LogP contribution >= 0.6 is 0 Å². The fourth-order valence-electron chi connectivity index (χ4n) is 0.352. The van der Waals surface area contributed by atoms with Crippen LogP contribution in [0.4, 0.5) is 0 Å². The molecule has 0 heterocycles. The van der Waals surface area contributed by atoms with E-state index in [1.165, 1.54) is 6.92 Å². The minimum atomic E-state index is -0.909. The van der Waals surface area contributed by atoms with Gasteiger partial charge in [-0.15, -0.1) is 0 Å². The van der Waals surface area contributed by atoms with Gasteiger partial charge in [-0.25, -0.2) is 0 Å². The van der Waals surface area contributed by atoms with Gasteiger partial charge in [0.05, 0.1) is 6.10 Å². The van der Waals surface area contributed by atoms with Gasteiger partial charge >= 0.3 is 5.97 Å². The molecule has 2 atom stereocenters. The van der Waals surface area contributed by atoms with Gasteiger partial charge in [0.25, 0.3) is 0 Å². The highest BCUT2D eigenvalue weighted by Gasteiger charge is 2.10. The topological polar surface area (TPSA) is 58.6 Å². The van der Waals surface area contributed by atoms with Crippen LogP contribution in [0.5, 0.6) is 0 Å². The lowest BCUT2D eigenvalue weighted by molar-refractivity contribution is -0.145. The van der Waals surface area contributed by atoms with Crippen molar-refractivity contribution in [2.75, 3.05) is 0 Å². The van der Waals surface area contributed by atoms with Crippen LogP contribution in [0.2, 0.25) is 0 Å². The molecular weight excluding hydrogens is 146 g/mol. The molecule has 0 aliphatic rings. The third kappa shape index (κ3) is 4.75. The number of aliphatic carboxylic acids is 1. The van der Waals surface area contributed by atoms with Crippen LogP contribution in [-0.2, 0) is 9.63 Å². The Hall–Kier alpha value is -0.610. The van der Waals surface area contributed by atoms with Crippen LogP contribution in [0.1, 0.15) is 27.2 Å². The molecular formula is C7H15NO3. The van der Waals surface area contributed by atoms with Crippen molar-refractivity contribution in [2.45, 2.75) is 39.3 Å². The highest BCUT2D eigenvalue weighted by atomic mass is 16.7. The molecule has 0 bridgehead atoms. The van der Waals surface area contributed by atoms with E-state index in [0.29, 0.717) is 0 Å². The molecule has 0 amide bonds. The first-order chi connectivity index (χ1) is 5.07. The van der Waals surface area contributed by atoms with Gasteiger partial charge < -0.3 is 5.11 Å². The number of carboxylic acid groups (broad SMARTS) is 1. The molecule has 4 nitrogen and oxygen atoms in total. The third-order valence-corrected chi connectivity index (χ3v) is 1.39. The number of hydroxylamine groups is 1. The van der Waals surface area contributed by atoms with Gasteiger partial charge in [0.2, 0.25) is 0 Å². The third-order valence-electron chi connectivity index (χ3n) is 1.39. The van der Waals surface area contributed by atoms with E-state index in [-0.39, 0.29) is 6.10 Å². The number of hydrogen-bond acceptors (Lipinski definition) is 3. The molecule has 4 heteroatoms. The highest BCUT2D eigenvalue weighted by Crippen LogP contribution is 1.93. The molecule has 0 fully saturated rings. The largest absolute Gasteiger partial charge is 0.480 e. The summed E-state index contributed by atoms with van der Waals surface area (Å²) in [5.74, 6) is -0.909. The minimum absolute atomic E-state index is 0.0526. The zero-order valence-electron chi connectivity index (χ0n) is 7.13.